The van der Waals surface area contributed by atoms with Gasteiger partial charge in [-0.2, -0.15) is 0 Å². The first-order valence-corrected chi connectivity index (χ1v) is 7.48. The van der Waals surface area contributed by atoms with Gasteiger partial charge >= 0.3 is 0 Å². The molecule has 0 aliphatic carbocycles. The Kier molecular flexibility index (Phi) is 6.90. The molecule has 2 aliphatic heterocycles. The third kappa shape index (κ3) is 4.02. The van der Waals surface area contributed by atoms with Gasteiger partial charge in [0.15, 0.2) is 12.5 Å². The van der Waals surface area contributed by atoms with Crippen LogP contribution in [0.2, 0.25) is 0 Å². The molecule has 2 rings (SSSR count). The molecule has 13 nitrogen and oxygen atoms in total. The summed E-state index contributed by atoms with van der Waals surface area (Å²) in [6.45, 7) is -1.37. The van der Waals surface area contributed by atoms with Crippen LogP contribution in [0.25, 0.3) is 10.4 Å². The van der Waals surface area contributed by atoms with Crippen LogP contribution in [0.3, 0.4) is 0 Å². The van der Waals surface area contributed by atoms with E-state index in [1.54, 1.807) is 0 Å². The molecule has 2 heterocycles. The van der Waals surface area contributed by atoms with E-state index < -0.39 is 74.6 Å². The molecule has 0 aromatic carbocycles. The van der Waals surface area contributed by atoms with Crippen LogP contribution in [-0.2, 0) is 14.2 Å². The van der Waals surface area contributed by atoms with Gasteiger partial charge in [-0.05, 0) is 5.53 Å². The van der Waals surface area contributed by atoms with Crippen molar-refractivity contribution in [1.29, 1.82) is 0 Å². The number of aliphatic hydroxyl groups excluding tert-OH is 7. The number of nitrogens with zero attached hydrogens (tertiary/aromatic N) is 3. The largest absolute Gasteiger partial charge is 0.394 e. The number of hydrogen-bond donors (Lipinski definition) is 7. The Morgan fingerprint density at radius 3 is 2.04 bits per heavy atom. The summed E-state index contributed by atoms with van der Waals surface area (Å²) in [7, 11) is 0. The van der Waals surface area contributed by atoms with Crippen LogP contribution in [-0.4, -0.2) is 110 Å². The van der Waals surface area contributed by atoms with E-state index in [2.05, 4.69) is 10.0 Å². The maximum Gasteiger partial charge on any atom is 0.187 e. The van der Waals surface area contributed by atoms with Crippen molar-refractivity contribution in [3.63, 3.8) is 0 Å². The van der Waals surface area contributed by atoms with Gasteiger partial charge in [0.05, 0.1) is 13.2 Å². The molecule has 0 aromatic heterocycles. The molecular weight excluding hydrogens is 346 g/mol. The Hall–Kier alpha value is -1.09. The minimum absolute atomic E-state index is 0.681. The van der Waals surface area contributed by atoms with Gasteiger partial charge in [0.1, 0.15) is 48.8 Å². The third-order valence-corrected chi connectivity index (χ3v) is 4.14. The summed E-state index contributed by atoms with van der Waals surface area (Å²) in [5, 5.41) is 71.1. The Morgan fingerprint density at radius 1 is 0.840 bits per heavy atom. The quantitative estimate of drug-likeness (QED) is 0.141. The van der Waals surface area contributed by atoms with Crippen LogP contribution >= 0.6 is 0 Å². The summed E-state index contributed by atoms with van der Waals surface area (Å²) in [6, 6.07) is 0. The number of azide groups is 1. The van der Waals surface area contributed by atoms with Gasteiger partial charge in [0.2, 0.25) is 0 Å². The van der Waals surface area contributed by atoms with Crippen LogP contribution in [0.5, 0.6) is 0 Å². The highest BCUT2D eigenvalue weighted by Crippen LogP contribution is 2.29. The average Bonchev–Trinajstić information content (AvgIpc) is 2.61. The summed E-state index contributed by atoms with van der Waals surface area (Å²) < 4.78 is 15.6. The van der Waals surface area contributed by atoms with E-state index in [1.165, 1.54) is 0 Å². The van der Waals surface area contributed by atoms with Gasteiger partial charge in [-0.1, -0.05) is 5.11 Å². The lowest BCUT2D eigenvalue weighted by atomic mass is 9.96. The molecule has 0 saturated carbocycles. The van der Waals surface area contributed by atoms with Crippen LogP contribution < -0.4 is 0 Å². The molecule has 0 aromatic rings. The van der Waals surface area contributed by atoms with Gasteiger partial charge < -0.3 is 50.0 Å². The molecule has 10 atom stereocenters. The van der Waals surface area contributed by atoms with E-state index in [9.17, 15) is 30.6 Å². The van der Waals surface area contributed by atoms with E-state index in [0.29, 0.717) is 0 Å². The molecule has 144 valence electrons. The highest BCUT2D eigenvalue weighted by Gasteiger charge is 2.50. The summed E-state index contributed by atoms with van der Waals surface area (Å²) >= 11 is 0. The summed E-state index contributed by atoms with van der Waals surface area (Å²) in [5.74, 6) is 0. The Balaban J connectivity index is 2.15. The van der Waals surface area contributed by atoms with E-state index in [0.717, 1.165) is 0 Å². The highest BCUT2D eigenvalue weighted by atomic mass is 16.7. The number of aliphatic hydroxyl groups is 7. The minimum Gasteiger partial charge on any atom is -0.394 e. The molecule has 0 bridgehead atoms. The van der Waals surface area contributed by atoms with E-state index in [-0.39, 0.29) is 0 Å². The molecule has 0 amide bonds. The molecule has 2 fully saturated rings. The van der Waals surface area contributed by atoms with Gasteiger partial charge in [-0.3, -0.25) is 0 Å². The molecule has 2 saturated heterocycles. The average molecular weight is 367 g/mol. The summed E-state index contributed by atoms with van der Waals surface area (Å²) in [4.78, 5) is 2.46. The summed E-state index contributed by atoms with van der Waals surface area (Å²) in [6.07, 6.45) is -15.4. The number of hydrogen-bond acceptors (Lipinski definition) is 11. The van der Waals surface area contributed by atoms with Crippen LogP contribution in [0, 0.1) is 0 Å². The van der Waals surface area contributed by atoms with Crippen molar-refractivity contribution in [3.05, 3.63) is 10.4 Å². The van der Waals surface area contributed by atoms with Crippen molar-refractivity contribution in [2.24, 2.45) is 5.11 Å². The lowest BCUT2D eigenvalue weighted by molar-refractivity contribution is -0.341. The zero-order valence-electron chi connectivity index (χ0n) is 12.9. The lowest BCUT2D eigenvalue weighted by Crippen LogP contribution is -2.64. The zero-order chi connectivity index (χ0) is 18.7. The van der Waals surface area contributed by atoms with Crippen molar-refractivity contribution in [2.75, 3.05) is 13.2 Å². The molecular formula is C12H21N3O10. The van der Waals surface area contributed by atoms with Gasteiger partial charge in [0, 0.05) is 4.91 Å². The fourth-order valence-corrected chi connectivity index (χ4v) is 2.72. The molecule has 13 heteroatoms. The van der Waals surface area contributed by atoms with Crippen molar-refractivity contribution >= 4 is 0 Å². The smallest absolute Gasteiger partial charge is 0.187 e. The van der Waals surface area contributed by atoms with Crippen molar-refractivity contribution in [2.45, 2.75) is 61.3 Å². The molecule has 25 heavy (non-hydrogen) atoms. The normalized spacial score (nSPS) is 48.0. The van der Waals surface area contributed by atoms with E-state index in [1.807, 2.05) is 0 Å². The van der Waals surface area contributed by atoms with Crippen molar-refractivity contribution in [1.82, 2.24) is 0 Å². The molecule has 2 aliphatic rings. The van der Waals surface area contributed by atoms with Crippen LogP contribution in [0.1, 0.15) is 0 Å². The SMILES string of the molecule is [N-]=[N+]=N[C@@H]1OC(CO)[C@@H](O[C@@H]2OC(CO)[C@H](O)C(O)[C@@H]2O)C(O)[C@@H]1O. The minimum atomic E-state index is -1.74. The highest BCUT2D eigenvalue weighted by molar-refractivity contribution is 4.95. The first kappa shape index (κ1) is 20.2. The van der Waals surface area contributed by atoms with Crippen molar-refractivity contribution < 1.29 is 50.0 Å². The fraction of sp³-hybridized carbons (Fsp3) is 1.00. The maximum absolute atomic E-state index is 10.1. The number of ether oxygens (including phenoxy) is 3. The summed E-state index contributed by atoms with van der Waals surface area (Å²) in [5.41, 5.74) is 8.42. The fourth-order valence-electron chi connectivity index (χ4n) is 2.72. The maximum atomic E-state index is 10.1. The van der Waals surface area contributed by atoms with Gasteiger partial charge in [-0.25, -0.2) is 0 Å². The standard InChI is InChI=1S/C12H21N3O10/c13-15-14-11-8(21)7(20)10(4(2-17)23-11)25-12-9(22)6(19)5(18)3(1-16)24-12/h3-12,16-22H,1-2H2/t3?,4?,5-,6?,7?,8-,9-,10+,11+,12-/m0/s1. The second-order valence-corrected chi connectivity index (χ2v) is 5.73. The molecule has 0 radical (unpaired) electrons. The lowest BCUT2D eigenvalue weighted by Gasteiger charge is -2.45. The van der Waals surface area contributed by atoms with E-state index >= 15 is 0 Å². The molecule has 4 unspecified atom stereocenters. The van der Waals surface area contributed by atoms with Gasteiger partial charge in [-0.15, -0.1) is 0 Å². The third-order valence-electron chi connectivity index (χ3n) is 4.14. The second-order valence-electron chi connectivity index (χ2n) is 5.73. The molecule has 7 N–H and O–H groups in total. The Morgan fingerprint density at radius 2 is 1.48 bits per heavy atom. The van der Waals surface area contributed by atoms with Crippen LogP contribution in [0.15, 0.2) is 5.11 Å². The number of rotatable bonds is 5. The predicted molar refractivity (Wildman–Crippen MR) is 75.5 cm³/mol. The topological polar surface area (TPSA) is 218 Å². The second kappa shape index (κ2) is 8.53. The van der Waals surface area contributed by atoms with Gasteiger partial charge in [0.25, 0.3) is 0 Å². The Labute approximate surface area is 141 Å². The first-order valence-electron chi connectivity index (χ1n) is 7.48. The predicted octanol–water partition coefficient (Wildman–Crippen LogP) is -4.08. The van der Waals surface area contributed by atoms with E-state index in [4.69, 9.17) is 24.8 Å². The monoisotopic (exact) mass is 367 g/mol. The first-order chi connectivity index (χ1) is 11.8. The van der Waals surface area contributed by atoms with Crippen molar-refractivity contribution in [3.8, 4) is 0 Å². The zero-order valence-corrected chi connectivity index (χ0v) is 12.9. The van der Waals surface area contributed by atoms with Crippen LogP contribution in [0.4, 0.5) is 0 Å². The molecule has 0 spiro atoms. The Bertz CT molecular complexity index is 488.